The van der Waals surface area contributed by atoms with Crippen LogP contribution in [0.2, 0.25) is 0 Å². The molecule has 0 saturated heterocycles. The lowest BCUT2D eigenvalue weighted by Crippen LogP contribution is -2.26. The fourth-order valence-electron chi connectivity index (χ4n) is 1.74. The lowest BCUT2D eigenvalue weighted by molar-refractivity contribution is -0.124. The second-order valence-corrected chi connectivity index (χ2v) is 3.75. The summed E-state index contributed by atoms with van der Waals surface area (Å²) in [4.78, 5) is 21.3. The van der Waals surface area contributed by atoms with Gasteiger partial charge in [0.1, 0.15) is 12.1 Å². The average Bonchev–Trinajstić information content (AvgIpc) is 1.86. The molecule has 1 fully saturated rings. The fourth-order valence-corrected chi connectivity index (χ4v) is 1.74. The molecular formula is C9H14O2. The highest BCUT2D eigenvalue weighted by molar-refractivity contribution is 5.80. The molecular weight excluding hydrogens is 140 g/mol. The molecule has 0 heterocycles. The molecule has 1 rings (SSSR count). The highest BCUT2D eigenvalue weighted by Crippen LogP contribution is 2.36. The summed E-state index contributed by atoms with van der Waals surface area (Å²) in [5, 5.41) is 0. The molecule has 1 aliphatic carbocycles. The maximum absolute atomic E-state index is 11.0. The number of ketones is 1. The van der Waals surface area contributed by atoms with Gasteiger partial charge in [-0.2, -0.15) is 0 Å². The van der Waals surface area contributed by atoms with Crippen LogP contribution in [0.5, 0.6) is 0 Å². The van der Waals surface area contributed by atoms with E-state index in [1.807, 2.05) is 6.92 Å². The summed E-state index contributed by atoms with van der Waals surface area (Å²) >= 11 is 0. The van der Waals surface area contributed by atoms with Crippen LogP contribution in [-0.2, 0) is 9.59 Å². The monoisotopic (exact) mass is 154 g/mol. The SMILES string of the molecule is CC1(CC=O)CCCC(=O)C1. The first-order valence-electron chi connectivity index (χ1n) is 4.12. The minimum absolute atomic E-state index is 0.0168. The first-order chi connectivity index (χ1) is 5.16. The molecule has 0 aromatic carbocycles. The predicted molar refractivity (Wildman–Crippen MR) is 42.3 cm³/mol. The number of aldehydes is 1. The van der Waals surface area contributed by atoms with Crippen molar-refractivity contribution < 1.29 is 9.59 Å². The first kappa shape index (κ1) is 8.44. The standard InChI is InChI=1S/C9H14O2/c1-9(5-6-10)4-2-3-8(11)7-9/h6H,2-5,7H2,1H3. The van der Waals surface area contributed by atoms with Gasteiger partial charge in [0, 0.05) is 19.3 Å². The third kappa shape index (κ3) is 2.14. The molecule has 62 valence electrons. The Labute approximate surface area is 67.0 Å². The quantitative estimate of drug-likeness (QED) is 0.567. The zero-order valence-electron chi connectivity index (χ0n) is 6.93. The van der Waals surface area contributed by atoms with Crippen LogP contribution in [0.4, 0.5) is 0 Å². The van der Waals surface area contributed by atoms with Gasteiger partial charge >= 0.3 is 0 Å². The summed E-state index contributed by atoms with van der Waals surface area (Å²) in [5.41, 5.74) is -0.0168. The molecule has 11 heavy (non-hydrogen) atoms. The van der Waals surface area contributed by atoms with Gasteiger partial charge in [-0.1, -0.05) is 6.92 Å². The Morgan fingerprint density at radius 1 is 1.64 bits per heavy atom. The van der Waals surface area contributed by atoms with Crippen molar-refractivity contribution in [2.24, 2.45) is 5.41 Å². The van der Waals surface area contributed by atoms with Crippen LogP contribution < -0.4 is 0 Å². The average molecular weight is 154 g/mol. The normalized spacial score (nSPS) is 31.9. The van der Waals surface area contributed by atoms with E-state index in [1.165, 1.54) is 0 Å². The van der Waals surface area contributed by atoms with Crippen LogP contribution in [0.15, 0.2) is 0 Å². The van der Waals surface area contributed by atoms with Gasteiger partial charge in [-0.25, -0.2) is 0 Å². The van der Waals surface area contributed by atoms with E-state index in [0.29, 0.717) is 25.0 Å². The van der Waals surface area contributed by atoms with E-state index in [2.05, 4.69) is 0 Å². The van der Waals surface area contributed by atoms with Crippen molar-refractivity contribution in [3.63, 3.8) is 0 Å². The van der Waals surface area contributed by atoms with E-state index in [9.17, 15) is 9.59 Å². The second-order valence-electron chi connectivity index (χ2n) is 3.75. The van der Waals surface area contributed by atoms with E-state index in [-0.39, 0.29) is 5.41 Å². The van der Waals surface area contributed by atoms with E-state index in [0.717, 1.165) is 19.1 Å². The molecule has 0 N–H and O–H groups in total. The first-order valence-corrected chi connectivity index (χ1v) is 4.12. The summed E-state index contributed by atoms with van der Waals surface area (Å²) in [6, 6.07) is 0. The third-order valence-corrected chi connectivity index (χ3v) is 2.44. The Kier molecular flexibility index (Phi) is 2.42. The number of Topliss-reactive ketones (excluding diaryl/α,β-unsaturated/α-hetero) is 1. The molecule has 2 nitrogen and oxygen atoms in total. The van der Waals surface area contributed by atoms with Crippen LogP contribution in [0.3, 0.4) is 0 Å². The molecule has 0 amide bonds. The smallest absolute Gasteiger partial charge is 0.133 e. The van der Waals surface area contributed by atoms with Crippen LogP contribution in [0.25, 0.3) is 0 Å². The largest absolute Gasteiger partial charge is 0.303 e. The number of hydrogen-bond acceptors (Lipinski definition) is 2. The molecule has 2 heteroatoms. The molecule has 0 aromatic heterocycles. The summed E-state index contributed by atoms with van der Waals surface area (Å²) in [7, 11) is 0. The molecule has 1 atom stereocenters. The molecule has 0 spiro atoms. The van der Waals surface area contributed by atoms with E-state index in [1.54, 1.807) is 0 Å². The number of rotatable bonds is 2. The molecule has 1 aliphatic rings. The summed E-state index contributed by atoms with van der Waals surface area (Å²) in [6.07, 6.45) is 4.78. The van der Waals surface area contributed by atoms with Gasteiger partial charge in [-0.15, -0.1) is 0 Å². The lowest BCUT2D eigenvalue weighted by atomic mass is 9.73. The fraction of sp³-hybridized carbons (Fsp3) is 0.778. The Morgan fingerprint density at radius 3 is 2.91 bits per heavy atom. The molecule has 0 radical (unpaired) electrons. The van der Waals surface area contributed by atoms with Gasteiger partial charge in [0.25, 0.3) is 0 Å². The molecule has 0 aliphatic heterocycles. The van der Waals surface area contributed by atoms with Gasteiger partial charge in [-0.05, 0) is 18.3 Å². The highest BCUT2D eigenvalue weighted by Gasteiger charge is 2.30. The topological polar surface area (TPSA) is 34.1 Å². The van der Waals surface area contributed by atoms with Crippen LogP contribution in [-0.4, -0.2) is 12.1 Å². The Bertz CT molecular complexity index is 174. The van der Waals surface area contributed by atoms with Crippen molar-refractivity contribution in [1.82, 2.24) is 0 Å². The van der Waals surface area contributed by atoms with E-state index >= 15 is 0 Å². The highest BCUT2D eigenvalue weighted by atomic mass is 16.1. The zero-order valence-corrected chi connectivity index (χ0v) is 6.93. The van der Waals surface area contributed by atoms with Crippen molar-refractivity contribution in [2.75, 3.05) is 0 Å². The van der Waals surface area contributed by atoms with E-state index < -0.39 is 0 Å². The van der Waals surface area contributed by atoms with Crippen molar-refractivity contribution in [3.8, 4) is 0 Å². The number of hydrogen-bond donors (Lipinski definition) is 0. The van der Waals surface area contributed by atoms with Crippen molar-refractivity contribution in [2.45, 2.75) is 39.0 Å². The molecule has 1 saturated carbocycles. The Hall–Kier alpha value is -0.660. The van der Waals surface area contributed by atoms with Crippen LogP contribution in [0, 0.1) is 5.41 Å². The summed E-state index contributed by atoms with van der Waals surface area (Å²) in [6.45, 7) is 2.03. The van der Waals surface area contributed by atoms with Gasteiger partial charge in [-0.3, -0.25) is 4.79 Å². The summed E-state index contributed by atoms with van der Waals surface area (Å²) < 4.78 is 0. The van der Waals surface area contributed by atoms with Crippen molar-refractivity contribution in [3.05, 3.63) is 0 Å². The van der Waals surface area contributed by atoms with Crippen molar-refractivity contribution >= 4 is 12.1 Å². The van der Waals surface area contributed by atoms with Gasteiger partial charge in [0.05, 0.1) is 0 Å². The summed E-state index contributed by atoms with van der Waals surface area (Å²) in [5.74, 6) is 0.320. The Balaban J connectivity index is 2.54. The minimum atomic E-state index is -0.0168. The third-order valence-electron chi connectivity index (χ3n) is 2.44. The van der Waals surface area contributed by atoms with Crippen LogP contribution in [0.1, 0.15) is 39.0 Å². The number of carbonyl (C=O) groups is 2. The van der Waals surface area contributed by atoms with Gasteiger partial charge < -0.3 is 4.79 Å². The van der Waals surface area contributed by atoms with Gasteiger partial charge in [0.15, 0.2) is 0 Å². The molecule has 0 bridgehead atoms. The zero-order chi connectivity index (χ0) is 8.32. The molecule has 1 unspecified atom stereocenters. The molecule has 0 aromatic rings. The Morgan fingerprint density at radius 2 is 2.36 bits per heavy atom. The van der Waals surface area contributed by atoms with E-state index in [4.69, 9.17) is 0 Å². The predicted octanol–water partition coefficient (Wildman–Crippen LogP) is 1.72. The number of carbonyl (C=O) groups excluding carboxylic acids is 2. The minimum Gasteiger partial charge on any atom is -0.303 e. The maximum Gasteiger partial charge on any atom is 0.133 e. The van der Waals surface area contributed by atoms with Crippen molar-refractivity contribution in [1.29, 1.82) is 0 Å². The lowest BCUT2D eigenvalue weighted by Gasteiger charge is -2.30. The van der Waals surface area contributed by atoms with Crippen LogP contribution >= 0.6 is 0 Å². The maximum atomic E-state index is 11.0. The van der Waals surface area contributed by atoms with Gasteiger partial charge in [0.2, 0.25) is 0 Å². The second kappa shape index (κ2) is 3.16.